The zero-order chi connectivity index (χ0) is 31.0. The standard InChI is InChI=1S/C22H22ClF9N8O2/c23-13-3-1-12(2-4-13)17-36-40(19(42)38(17)10-15(41)22(30,31)32)11-16-34-18(39(35-16)7-5-20(24,25)26)37-8-6-33-14(9-37)21(27,28)29/h1-4,14-15,33,41H,5-11H2/t14-,15-/m0/s1. The Hall–Kier alpha value is -3.32. The van der Waals surface area contributed by atoms with Crippen LogP contribution in [-0.4, -0.2) is 84.5 Å². The van der Waals surface area contributed by atoms with Crippen LogP contribution >= 0.6 is 11.6 Å². The monoisotopic (exact) mass is 636 g/mol. The van der Waals surface area contributed by atoms with Crippen molar-refractivity contribution < 1.29 is 44.6 Å². The lowest BCUT2D eigenvalue weighted by atomic mass is 10.2. The van der Waals surface area contributed by atoms with Gasteiger partial charge in [0.2, 0.25) is 5.95 Å². The summed E-state index contributed by atoms with van der Waals surface area (Å²) < 4.78 is 120. The van der Waals surface area contributed by atoms with Gasteiger partial charge >= 0.3 is 24.2 Å². The number of aliphatic hydroxyl groups is 1. The van der Waals surface area contributed by atoms with Crippen LogP contribution in [-0.2, 0) is 19.6 Å². The molecule has 0 bridgehead atoms. The van der Waals surface area contributed by atoms with E-state index in [4.69, 9.17) is 11.6 Å². The maximum atomic E-state index is 13.3. The first kappa shape index (κ1) is 31.6. The molecule has 0 unspecified atom stereocenters. The number of nitrogens with zero attached hydrogens (tertiary/aromatic N) is 7. The van der Waals surface area contributed by atoms with E-state index in [0.29, 0.717) is 9.25 Å². The molecule has 20 heteroatoms. The van der Waals surface area contributed by atoms with Gasteiger partial charge in [0.25, 0.3) is 0 Å². The molecule has 42 heavy (non-hydrogen) atoms. The molecule has 3 heterocycles. The third-order valence-electron chi connectivity index (χ3n) is 6.21. The number of piperazine rings is 1. The fourth-order valence-electron chi connectivity index (χ4n) is 4.15. The minimum Gasteiger partial charge on any atom is -0.382 e. The minimum atomic E-state index is -5.08. The highest BCUT2D eigenvalue weighted by Crippen LogP contribution is 2.27. The predicted octanol–water partition coefficient (Wildman–Crippen LogP) is 3.22. The third-order valence-corrected chi connectivity index (χ3v) is 6.46. The summed E-state index contributed by atoms with van der Waals surface area (Å²) in [5.74, 6) is -0.949. The Balaban J connectivity index is 1.71. The van der Waals surface area contributed by atoms with E-state index in [2.05, 4.69) is 20.5 Å². The number of benzene rings is 1. The number of hydrogen-bond acceptors (Lipinski definition) is 7. The Bertz CT molecular complexity index is 1430. The van der Waals surface area contributed by atoms with Crippen LogP contribution in [0.2, 0.25) is 5.02 Å². The number of nitrogens with one attached hydrogen (secondary N) is 1. The van der Waals surface area contributed by atoms with Crippen molar-refractivity contribution in [1.29, 1.82) is 0 Å². The van der Waals surface area contributed by atoms with Gasteiger partial charge in [0, 0.05) is 30.2 Å². The molecule has 1 aromatic carbocycles. The number of alkyl halides is 9. The molecule has 2 aromatic heterocycles. The number of halogens is 10. The van der Waals surface area contributed by atoms with Gasteiger partial charge in [-0.15, -0.1) is 5.10 Å². The Morgan fingerprint density at radius 1 is 1.02 bits per heavy atom. The van der Waals surface area contributed by atoms with Crippen LogP contribution in [0, 0.1) is 0 Å². The number of anilines is 1. The van der Waals surface area contributed by atoms with Crippen molar-refractivity contribution in [1.82, 2.24) is 34.4 Å². The van der Waals surface area contributed by atoms with Crippen LogP contribution in [0.25, 0.3) is 11.4 Å². The van der Waals surface area contributed by atoms with Gasteiger partial charge < -0.3 is 15.3 Å². The van der Waals surface area contributed by atoms with Gasteiger partial charge in [0.1, 0.15) is 12.6 Å². The van der Waals surface area contributed by atoms with Crippen molar-refractivity contribution >= 4 is 17.5 Å². The second-order valence-electron chi connectivity index (χ2n) is 9.35. The zero-order valence-electron chi connectivity index (χ0n) is 21.2. The van der Waals surface area contributed by atoms with Gasteiger partial charge in [-0.1, -0.05) is 11.6 Å². The van der Waals surface area contributed by atoms with Crippen LogP contribution in [0.5, 0.6) is 0 Å². The normalized spacial score (nSPS) is 17.6. The number of aliphatic hydroxyl groups excluding tert-OH is 1. The molecular weight excluding hydrogens is 615 g/mol. The van der Waals surface area contributed by atoms with Gasteiger partial charge in [-0.2, -0.15) is 49.6 Å². The molecule has 0 aliphatic carbocycles. The lowest BCUT2D eigenvalue weighted by molar-refractivity contribution is -0.207. The largest absolute Gasteiger partial charge is 0.416 e. The first-order valence-corrected chi connectivity index (χ1v) is 12.5. The SMILES string of the molecule is O=c1n(Cc2nc(N3CCN[C@H](C(F)(F)F)C3)n(CCC(F)(F)F)n2)nc(-c2ccc(Cl)cc2)n1C[C@H](O)C(F)(F)F. The molecule has 4 rings (SSSR count). The lowest BCUT2D eigenvalue weighted by Crippen LogP contribution is -2.57. The molecule has 3 aromatic rings. The van der Waals surface area contributed by atoms with Crippen LogP contribution in [0.15, 0.2) is 29.1 Å². The Labute approximate surface area is 235 Å². The molecule has 0 saturated carbocycles. The number of hydrogen-bond donors (Lipinski definition) is 2. The molecule has 1 saturated heterocycles. The first-order chi connectivity index (χ1) is 19.4. The fourth-order valence-corrected chi connectivity index (χ4v) is 4.27. The van der Waals surface area contributed by atoms with Gasteiger partial charge in [0.15, 0.2) is 17.8 Å². The van der Waals surface area contributed by atoms with E-state index < -0.39 is 69.0 Å². The number of aryl methyl sites for hydroxylation is 1. The van der Waals surface area contributed by atoms with E-state index in [1.54, 1.807) is 0 Å². The van der Waals surface area contributed by atoms with E-state index in [9.17, 15) is 49.4 Å². The summed E-state index contributed by atoms with van der Waals surface area (Å²) in [6.45, 7) is -3.60. The predicted molar refractivity (Wildman–Crippen MR) is 129 cm³/mol. The molecule has 0 spiro atoms. The molecule has 2 atom stereocenters. The molecule has 1 fully saturated rings. The van der Waals surface area contributed by atoms with E-state index in [-0.39, 0.29) is 41.3 Å². The van der Waals surface area contributed by atoms with Crippen molar-refractivity contribution in [3.8, 4) is 11.4 Å². The lowest BCUT2D eigenvalue weighted by Gasteiger charge is -2.35. The maximum Gasteiger partial charge on any atom is 0.416 e. The molecule has 1 aliphatic rings. The Morgan fingerprint density at radius 2 is 1.69 bits per heavy atom. The van der Waals surface area contributed by atoms with Crippen molar-refractivity contribution in [2.45, 2.75) is 56.7 Å². The van der Waals surface area contributed by atoms with Crippen molar-refractivity contribution in [2.24, 2.45) is 0 Å². The number of rotatable bonds is 8. The van der Waals surface area contributed by atoms with Crippen molar-refractivity contribution in [3.63, 3.8) is 0 Å². The molecule has 232 valence electrons. The highest BCUT2D eigenvalue weighted by atomic mass is 35.5. The fraction of sp³-hybridized carbons (Fsp3) is 0.545. The minimum absolute atomic E-state index is 0.0542. The van der Waals surface area contributed by atoms with Crippen LogP contribution in [0.3, 0.4) is 0 Å². The van der Waals surface area contributed by atoms with Crippen molar-refractivity contribution in [2.75, 3.05) is 24.5 Å². The Morgan fingerprint density at radius 3 is 2.29 bits per heavy atom. The molecule has 2 N–H and O–H groups in total. The quantitative estimate of drug-likeness (QED) is 0.366. The van der Waals surface area contributed by atoms with E-state index in [0.717, 1.165) is 9.58 Å². The van der Waals surface area contributed by atoms with Gasteiger partial charge in [-0.05, 0) is 24.3 Å². The average molecular weight is 637 g/mol. The summed E-state index contributed by atoms with van der Waals surface area (Å²) in [7, 11) is 0. The maximum absolute atomic E-state index is 13.3. The van der Waals surface area contributed by atoms with Crippen LogP contribution in [0.4, 0.5) is 45.5 Å². The smallest absolute Gasteiger partial charge is 0.382 e. The molecule has 1 aliphatic heterocycles. The second kappa shape index (κ2) is 11.8. The highest BCUT2D eigenvalue weighted by Gasteiger charge is 2.43. The van der Waals surface area contributed by atoms with E-state index >= 15 is 0 Å². The summed E-state index contributed by atoms with van der Waals surface area (Å²) in [6, 6.07) is 3.47. The van der Waals surface area contributed by atoms with Crippen LogP contribution in [0.1, 0.15) is 12.2 Å². The summed E-state index contributed by atoms with van der Waals surface area (Å²) in [5, 5.41) is 20.1. The summed E-state index contributed by atoms with van der Waals surface area (Å²) >= 11 is 5.85. The molecule has 10 nitrogen and oxygen atoms in total. The topological polar surface area (TPSA) is 106 Å². The van der Waals surface area contributed by atoms with Gasteiger partial charge in [0.05, 0.1) is 19.5 Å². The van der Waals surface area contributed by atoms with E-state index in [1.807, 2.05) is 0 Å². The summed E-state index contributed by atoms with van der Waals surface area (Å²) in [5.41, 5.74) is -0.997. The molecular formula is C22H22ClF9N8O2. The Kier molecular flexibility index (Phi) is 8.85. The third kappa shape index (κ3) is 7.54. The summed E-state index contributed by atoms with van der Waals surface area (Å²) in [4.78, 5) is 18.3. The average Bonchev–Trinajstić information content (AvgIpc) is 3.43. The first-order valence-electron chi connectivity index (χ1n) is 12.2. The number of aromatic nitrogens is 6. The highest BCUT2D eigenvalue weighted by molar-refractivity contribution is 6.30. The van der Waals surface area contributed by atoms with E-state index in [1.165, 1.54) is 24.3 Å². The molecule has 0 radical (unpaired) electrons. The van der Waals surface area contributed by atoms with Crippen LogP contribution < -0.4 is 15.9 Å². The van der Waals surface area contributed by atoms with Gasteiger partial charge in [-0.25, -0.2) is 14.2 Å². The zero-order valence-corrected chi connectivity index (χ0v) is 21.9. The van der Waals surface area contributed by atoms with Gasteiger partial charge in [-0.3, -0.25) is 4.57 Å². The van der Waals surface area contributed by atoms with Crippen molar-refractivity contribution in [3.05, 3.63) is 45.6 Å². The summed E-state index contributed by atoms with van der Waals surface area (Å²) in [6.07, 6.45) is -18.7. The molecule has 0 amide bonds. The second-order valence-corrected chi connectivity index (χ2v) is 9.79.